The predicted molar refractivity (Wildman–Crippen MR) is 87.4 cm³/mol. The fraction of sp³-hybridized carbons (Fsp3) is 0.0769. The van der Waals surface area contributed by atoms with Crippen molar-refractivity contribution in [1.82, 2.24) is 5.43 Å². The van der Waals surface area contributed by atoms with Crippen LogP contribution in [0.5, 0.6) is 0 Å². The second-order valence-electron chi connectivity index (χ2n) is 3.93. The average Bonchev–Trinajstić information content (AvgIpc) is 2.36. The van der Waals surface area contributed by atoms with E-state index in [0.717, 1.165) is 13.6 Å². The SMILES string of the molecule is NNC(c1ccc(Cl)cc1F)c1cc(I)ccc1Br. The average molecular weight is 455 g/mol. The molecule has 0 bridgehead atoms. The van der Waals surface area contributed by atoms with Gasteiger partial charge in [0.2, 0.25) is 0 Å². The highest BCUT2D eigenvalue weighted by Crippen LogP contribution is 2.31. The molecule has 1 unspecified atom stereocenters. The van der Waals surface area contributed by atoms with Gasteiger partial charge in [0, 0.05) is 18.6 Å². The first-order valence-corrected chi connectivity index (χ1v) is 7.64. The minimum absolute atomic E-state index is 0.360. The zero-order valence-corrected chi connectivity index (χ0v) is 14.1. The Balaban J connectivity index is 2.52. The summed E-state index contributed by atoms with van der Waals surface area (Å²) in [5.41, 5.74) is 3.97. The molecule has 2 aromatic rings. The van der Waals surface area contributed by atoms with E-state index in [4.69, 9.17) is 17.4 Å². The van der Waals surface area contributed by atoms with E-state index < -0.39 is 6.04 Å². The fourth-order valence-electron chi connectivity index (χ4n) is 1.82. The lowest BCUT2D eigenvalue weighted by Gasteiger charge is -2.19. The molecule has 2 nitrogen and oxygen atoms in total. The van der Waals surface area contributed by atoms with Crippen molar-refractivity contribution >= 4 is 50.1 Å². The van der Waals surface area contributed by atoms with E-state index in [1.165, 1.54) is 6.07 Å². The van der Waals surface area contributed by atoms with Gasteiger partial charge in [0.25, 0.3) is 0 Å². The summed E-state index contributed by atoms with van der Waals surface area (Å²) >= 11 is 11.4. The number of rotatable bonds is 3. The number of hydrazine groups is 1. The van der Waals surface area contributed by atoms with Gasteiger partial charge in [-0.1, -0.05) is 33.6 Å². The van der Waals surface area contributed by atoms with Gasteiger partial charge >= 0.3 is 0 Å². The molecule has 100 valence electrons. The first-order chi connectivity index (χ1) is 9.02. The number of hydrogen-bond acceptors (Lipinski definition) is 2. The van der Waals surface area contributed by atoms with E-state index in [9.17, 15) is 4.39 Å². The first-order valence-electron chi connectivity index (χ1n) is 5.39. The molecule has 0 radical (unpaired) electrons. The lowest BCUT2D eigenvalue weighted by molar-refractivity contribution is 0.559. The van der Waals surface area contributed by atoms with E-state index in [0.29, 0.717) is 10.6 Å². The standard InChI is InChI=1S/C13H10BrClFIN2/c14-11-4-2-8(17)6-10(11)13(19-18)9-3-1-7(15)5-12(9)16/h1-6,13,19H,18H2. The van der Waals surface area contributed by atoms with Crippen molar-refractivity contribution in [2.24, 2.45) is 5.84 Å². The summed E-state index contributed by atoms with van der Waals surface area (Å²) in [5, 5.41) is 0.360. The Hall–Kier alpha value is -0.210. The monoisotopic (exact) mass is 454 g/mol. The predicted octanol–water partition coefficient (Wildman–Crippen LogP) is 4.40. The van der Waals surface area contributed by atoms with Gasteiger partial charge in [-0.05, 0) is 58.5 Å². The van der Waals surface area contributed by atoms with Crippen molar-refractivity contribution in [2.75, 3.05) is 0 Å². The fourth-order valence-corrected chi connectivity index (χ4v) is 2.97. The largest absolute Gasteiger partial charge is 0.271 e. The minimum Gasteiger partial charge on any atom is -0.271 e. The second-order valence-corrected chi connectivity index (χ2v) is 6.47. The molecule has 2 aromatic carbocycles. The summed E-state index contributed by atoms with van der Waals surface area (Å²) in [5.74, 6) is 5.20. The Bertz CT molecular complexity index is 609. The van der Waals surface area contributed by atoms with Crippen LogP contribution in [0.1, 0.15) is 17.2 Å². The minimum atomic E-state index is -0.443. The molecule has 0 amide bonds. The first kappa shape index (κ1) is 15.2. The van der Waals surface area contributed by atoms with Crippen LogP contribution in [0.25, 0.3) is 0 Å². The topological polar surface area (TPSA) is 38.0 Å². The van der Waals surface area contributed by atoms with Crippen LogP contribution in [-0.4, -0.2) is 0 Å². The van der Waals surface area contributed by atoms with Crippen molar-refractivity contribution in [1.29, 1.82) is 0 Å². The van der Waals surface area contributed by atoms with Gasteiger partial charge in [-0.2, -0.15) is 0 Å². The molecule has 0 aliphatic carbocycles. The van der Waals surface area contributed by atoms with E-state index in [1.807, 2.05) is 18.2 Å². The molecule has 19 heavy (non-hydrogen) atoms. The Morgan fingerprint density at radius 2 is 1.95 bits per heavy atom. The highest BCUT2D eigenvalue weighted by molar-refractivity contribution is 14.1. The molecule has 0 saturated carbocycles. The van der Waals surface area contributed by atoms with Crippen molar-refractivity contribution in [3.8, 4) is 0 Å². The summed E-state index contributed by atoms with van der Waals surface area (Å²) < 4.78 is 15.9. The third-order valence-corrected chi connectivity index (χ3v) is 4.34. The number of hydrogen-bond donors (Lipinski definition) is 2. The Kier molecular flexibility index (Phi) is 5.19. The van der Waals surface area contributed by atoms with Gasteiger partial charge in [0.05, 0.1) is 6.04 Å². The summed E-state index contributed by atoms with van der Waals surface area (Å²) in [4.78, 5) is 0. The summed E-state index contributed by atoms with van der Waals surface area (Å²) in [6.07, 6.45) is 0. The van der Waals surface area contributed by atoms with Gasteiger partial charge in [0.15, 0.2) is 0 Å². The number of nitrogens with one attached hydrogen (secondary N) is 1. The second kappa shape index (κ2) is 6.49. The maximum Gasteiger partial charge on any atom is 0.129 e. The zero-order valence-electron chi connectivity index (χ0n) is 9.63. The molecule has 0 aliphatic rings. The highest BCUT2D eigenvalue weighted by atomic mass is 127. The molecular formula is C13H10BrClFIN2. The Labute approximate surface area is 137 Å². The van der Waals surface area contributed by atoms with E-state index in [2.05, 4.69) is 43.9 Å². The van der Waals surface area contributed by atoms with Crippen LogP contribution in [0.3, 0.4) is 0 Å². The Morgan fingerprint density at radius 1 is 1.21 bits per heavy atom. The molecule has 2 rings (SSSR count). The summed E-state index contributed by atoms with van der Waals surface area (Å²) in [6.45, 7) is 0. The maximum atomic E-state index is 14.0. The highest BCUT2D eigenvalue weighted by Gasteiger charge is 2.19. The zero-order chi connectivity index (χ0) is 14.0. The third-order valence-electron chi connectivity index (χ3n) is 2.71. The van der Waals surface area contributed by atoms with Gasteiger partial charge in [0.1, 0.15) is 5.82 Å². The number of benzene rings is 2. The normalized spacial score (nSPS) is 12.5. The van der Waals surface area contributed by atoms with Crippen LogP contribution in [0.4, 0.5) is 4.39 Å². The lowest BCUT2D eigenvalue weighted by Crippen LogP contribution is -2.29. The van der Waals surface area contributed by atoms with E-state index >= 15 is 0 Å². The molecule has 0 heterocycles. The van der Waals surface area contributed by atoms with Crippen molar-refractivity contribution in [2.45, 2.75) is 6.04 Å². The summed E-state index contributed by atoms with van der Waals surface area (Å²) in [6, 6.07) is 9.93. The van der Waals surface area contributed by atoms with Gasteiger partial charge in [-0.15, -0.1) is 0 Å². The van der Waals surface area contributed by atoms with E-state index in [1.54, 1.807) is 12.1 Å². The molecule has 1 atom stereocenters. The van der Waals surface area contributed by atoms with Crippen molar-refractivity contribution in [3.63, 3.8) is 0 Å². The number of nitrogens with two attached hydrogens (primary N) is 1. The van der Waals surface area contributed by atoms with Crippen LogP contribution in [0, 0.1) is 9.39 Å². The molecule has 0 aromatic heterocycles. The molecule has 6 heteroatoms. The van der Waals surface area contributed by atoms with Crippen LogP contribution < -0.4 is 11.3 Å². The van der Waals surface area contributed by atoms with Crippen molar-refractivity contribution < 1.29 is 4.39 Å². The van der Waals surface area contributed by atoms with Crippen LogP contribution in [-0.2, 0) is 0 Å². The number of halogens is 4. The molecule has 0 fully saturated rings. The smallest absolute Gasteiger partial charge is 0.129 e. The van der Waals surface area contributed by atoms with E-state index in [-0.39, 0.29) is 5.82 Å². The molecule has 0 saturated heterocycles. The lowest BCUT2D eigenvalue weighted by atomic mass is 9.99. The van der Waals surface area contributed by atoms with Crippen LogP contribution >= 0.6 is 50.1 Å². The molecule has 0 aliphatic heterocycles. The molecule has 3 N–H and O–H groups in total. The van der Waals surface area contributed by atoms with Crippen molar-refractivity contribution in [3.05, 3.63) is 66.4 Å². The maximum absolute atomic E-state index is 14.0. The summed E-state index contributed by atoms with van der Waals surface area (Å²) in [7, 11) is 0. The third kappa shape index (κ3) is 3.46. The van der Waals surface area contributed by atoms with Gasteiger partial charge in [-0.3, -0.25) is 5.84 Å². The molecular weight excluding hydrogens is 445 g/mol. The van der Waals surface area contributed by atoms with Crippen LogP contribution in [0.15, 0.2) is 40.9 Å². The molecule has 0 spiro atoms. The van der Waals surface area contributed by atoms with Crippen LogP contribution in [0.2, 0.25) is 5.02 Å². The van der Waals surface area contributed by atoms with Gasteiger partial charge < -0.3 is 0 Å². The Morgan fingerprint density at radius 3 is 2.58 bits per heavy atom. The van der Waals surface area contributed by atoms with Gasteiger partial charge in [-0.25, -0.2) is 9.82 Å². The quantitative estimate of drug-likeness (QED) is 0.409.